The summed E-state index contributed by atoms with van der Waals surface area (Å²) in [5, 5.41) is 0. The Balaban J connectivity index is 3.28. The van der Waals surface area contributed by atoms with Gasteiger partial charge in [-0.05, 0) is 27.9 Å². The molecule has 0 spiro atoms. The van der Waals surface area contributed by atoms with Gasteiger partial charge in [-0.15, -0.1) is 0 Å². The third kappa shape index (κ3) is 2.77. The van der Waals surface area contributed by atoms with E-state index in [-0.39, 0.29) is 0 Å². The summed E-state index contributed by atoms with van der Waals surface area (Å²) in [5.41, 5.74) is 1.01. The number of hydrogen-bond acceptors (Lipinski definition) is 3. The monoisotopic (exact) mass is 320 g/mol. The number of rotatable bonds is 4. The summed E-state index contributed by atoms with van der Waals surface area (Å²) >= 11 is 2.16. The van der Waals surface area contributed by atoms with Crippen molar-refractivity contribution >= 4 is 28.7 Å². The predicted molar refractivity (Wildman–Crippen MR) is 69.2 cm³/mol. The average molecular weight is 320 g/mol. The van der Waals surface area contributed by atoms with Gasteiger partial charge in [-0.1, -0.05) is 22.6 Å². The zero-order chi connectivity index (χ0) is 11.3. The van der Waals surface area contributed by atoms with Crippen LogP contribution in [-0.2, 0) is 0 Å². The van der Waals surface area contributed by atoms with Crippen LogP contribution < -0.4 is 14.2 Å². The van der Waals surface area contributed by atoms with Crippen LogP contribution in [0.5, 0.6) is 17.2 Å². The molecule has 0 aliphatic rings. The molecule has 0 aliphatic heterocycles. The fraction of sp³-hybridized carbons (Fsp3) is 0.273. The van der Waals surface area contributed by atoms with E-state index >= 15 is 0 Å². The topological polar surface area (TPSA) is 27.7 Å². The second kappa shape index (κ2) is 5.85. The van der Waals surface area contributed by atoms with Crippen molar-refractivity contribution in [3.63, 3.8) is 0 Å². The van der Waals surface area contributed by atoms with Gasteiger partial charge < -0.3 is 14.2 Å². The van der Waals surface area contributed by atoms with E-state index in [9.17, 15) is 0 Å². The minimum atomic E-state index is 0.616. The molecule has 0 atom stereocenters. The maximum Gasteiger partial charge on any atom is 0.203 e. The first-order chi connectivity index (χ1) is 7.26. The fourth-order valence-corrected chi connectivity index (χ4v) is 1.69. The summed E-state index contributed by atoms with van der Waals surface area (Å²) < 4.78 is 17.6. The molecule has 0 amide bonds. The first kappa shape index (κ1) is 12.2. The van der Waals surface area contributed by atoms with Gasteiger partial charge in [-0.25, -0.2) is 0 Å². The van der Waals surface area contributed by atoms with Crippen LogP contribution in [0.15, 0.2) is 16.2 Å². The minimum absolute atomic E-state index is 0.616. The van der Waals surface area contributed by atoms with Crippen LogP contribution in [0, 0.1) is 0 Å². The summed E-state index contributed by atoms with van der Waals surface area (Å²) in [4.78, 5) is 0. The van der Waals surface area contributed by atoms with Crippen molar-refractivity contribution in [3.8, 4) is 17.2 Å². The standard InChI is InChI=1S/C11H13IO3/c1-13-9-6-8(4-5-12)7-10(14-2)11(9)15-3/h4-7H,1-3H3. The van der Waals surface area contributed by atoms with Crippen LogP contribution in [0.3, 0.4) is 0 Å². The zero-order valence-corrected chi connectivity index (χ0v) is 11.1. The van der Waals surface area contributed by atoms with Crippen LogP contribution in [-0.4, -0.2) is 21.3 Å². The highest BCUT2D eigenvalue weighted by atomic mass is 127. The first-order valence-electron chi connectivity index (χ1n) is 4.33. The minimum Gasteiger partial charge on any atom is -0.493 e. The van der Waals surface area contributed by atoms with Crippen molar-refractivity contribution in [2.24, 2.45) is 0 Å². The van der Waals surface area contributed by atoms with Crippen molar-refractivity contribution in [2.75, 3.05) is 21.3 Å². The summed E-state index contributed by atoms with van der Waals surface area (Å²) in [6, 6.07) is 3.80. The lowest BCUT2D eigenvalue weighted by Gasteiger charge is -2.12. The van der Waals surface area contributed by atoms with E-state index in [1.54, 1.807) is 21.3 Å². The molecule has 0 aromatic heterocycles. The molecule has 3 nitrogen and oxygen atoms in total. The smallest absolute Gasteiger partial charge is 0.203 e. The molecule has 0 radical (unpaired) electrons. The quantitative estimate of drug-likeness (QED) is 0.798. The lowest BCUT2D eigenvalue weighted by atomic mass is 10.2. The SMILES string of the molecule is COc1cc(C=CI)cc(OC)c1OC. The largest absolute Gasteiger partial charge is 0.493 e. The molecule has 0 aliphatic carbocycles. The normalized spacial score (nSPS) is 10.4. The Kier molecular flexibility index (Phi) is 4.74. The van der Waals surface area contributed by atoms with Crippen LogP contribution in [0.1, 0.15) is 5.56 Å². The first-order valence-corrected chi connectivity index (χ1v) is 5.58. The van der Waals surface area contributed by atoms with Crippen molar-refractivity contribution < 1.29 is 14.2 Å². The molecule has 1 aromatic carbocycles. The maximum atomic E-state index is 5.22. The molecule has 0 bridgehead atoms. The molecular weight excluding hydrogens is 307 g/mol. The number of methoxy groups -OCH3 is 3. The van der Waals surface area contributed by atoms with Gasteiger partial charge in [-0.3, -0.25) is 0 Å². The molecule has 4 heteroatoms. The van der Waals surface area contributed by atoms with E-state index in [1.165, 1.54) is 0 Å². The van der Waals surface area contributed by atoms with Gasteiger partial charge in [-0.2, -0.15) is 0 Å². The maximum absolute atomic E-state index is 5.22. The van der Waals surface area contributed by atoms with Crippen molar-refractivity contribution in [1.82, 2.24) is 0 Å². The number of halogens is 1. The Bertz CT molecular complexity index is 336. The molecule has 0 saturated carbocycles. The molecule has 1 rings (SSSR count). The van der Waals surface area contributed by atoms with E-state index < -0.39 is 0 Å². The summed E-state index contributed by atoms with van der Waals surface area (Å²) in [6.45, 7) is 0. The Morgan fingerprint density at radius 1 is 1.00 bits per heavy atom. The summed E-state index contributed by atoms with van der Waals surface area (Å²) in [5.74, 6) is 1.95. The van der Waals surface area contributed by atoms with Gasteiger partial charge in [0.25, 0.3) is 0 Å². The van der Waals surface area contributed by atoms with Gasteiger partial charge in [0, 0.05) is 0 Å². The molecule has 0 unspecified atom stereocenters. The predicted octanol–water partition coefficient (Wildman–Crippen LogP) is 3.12. The molecule has 15 heavy (non-hydrogen) atoms. The van der Waals surface area contributed by atoms with E-state index in [2.05, 4.69) is 22.6 Å². The molecule has 0 N–H and O–H groups in total. The second-order valence-corrected chi connectivity index (χ2v) is 3.47. The molecule has 0 fully saturated rings. The van der Waals surface area contributed by atoms with E-state index in [0.29, 0.717) is 17.2 Å². The lowest BCUT2D eigenvalue weighted by molar-refractivity contribution is 0.324. The second-order valence-electron chi connectivity index (χ2n) is 2.75. The molecule has 0 heterocycles. The zero-order valence-electron chi connectivity index (χ0n) is 8.91. The van der Waals surface area contributed by atoms with Crippen LogP contribution in [0.25, 0.3) is 6.08 Å². The molecule has 1 aromatic rings. The van der Waals surface area contributed by atoms with Gasteiger partial charge in [0.15, 0.2) is 11.5 Å². The van der Waals surface area contributed by atoms with Crippen molar-refractivity contribution in [2.45, 2.75) is 0 Å². The van der Waals surface area contributed by atoms with E-state index in [1.807, 2.05) is 22.3 Å². The third-order valence-corrected chi connectivity index (χ3v) is 2.30. The highest BCUT2D eigenvalue weighted by molar-refractivity contribution is 14.1. The van der Waals surface area contributed by atoms with Gasteiger partial charge >= 0.3 is 0 Å². The van der Waals surface area contributed by atoms with Crippen molar-refractivity contribution in [1.29, 1.82) is 0 Å². The highest BCUT2D eigenvalue weighted by Crippen LogP contribution is 2.38. The van der Waals surface area contributed by atoms with Crippen LogP contribution in [0.2, 0.25) is 0 Å². The van der Waals surface area contributed by atoms with Gasteiger partial charge in [0.05, 0.1) is 21.3 Å². The van der Waals surface area contributed by atoms with E-state index in [4.69, 9.17) is 14.2 Å². The number of hydrogen-bond donors (Lipinski definition) is 0. The van der Waals surface area contributed by atoms with Gasteiger partial charge in [0.2, 0.25) is 5.75 Å². The Morgan fingerprint density at radius 2 is 1.53 bits per heavy atom. The number of benzene rings is 1. The average Bonchev–Trinajstić information content (AvgIpc) is 2.28. The summed E-state index contributed by atoms with van der Waals surface area (Å²) in [6.07, 6.45) is 1.96. The van der Waals surface area contributed by atoms with Crippen LogP contribution in [0.4, 0.5) is 0 Å². The Morgan fingerprint density at radius 3 is 1.87 bits per heavy atom. The van der Waals surface area contributed by atoms with Crippen LogP contribution >= 0.6 is 22.6 Å². The Hall–Kier alpha value is -0.910. The molecular formula is C11H13IO3. The van der Waals surface area contributed by atoms with Crippen molar-refractivity contribution in [3.05, 3.63) is 21.8 Å². The van der Waals surface area contributed by atoms with Gasteiger partial charge in [0.1, 0.15) is 0 Å². The lowest BCUT2D eigenvalue weighted by Crippen LogP contribution is -1.95. The highest BCUT2D eigenvalue weighted by Gasteiger charge is 2.11. The fourth-order valence-electron chi connectivity index (χ4n) is 1.27. The Labute approximate surface area is 103 Å². The molecule has 0 saturated heterocycles. The third-order valence-electron chi connectivity index (χ3n) is 1.94. The summed E-state index contributed by atoms with van der Waals surface area (Å²) in [7, 11) is 4.80. The number of ether oxygens (including phenoxy) is 3. The molecule has 82 valence electrons. The van der Waals surface area contributed by atoms with E-state index in [0.717, 1.165) is 5.56 Å².